The Morgan fingerprint density at radius 2 is 1.96 bits per heavy atom. The predicted octanol–water partition coefficient (Wildman–Crippen LogP) is 0.622. The van der Waals surface area contributed by atoms with E-state index in [1.807, 2.05) is 0 Å². The molecule has 1 saturated heterocycles. The fraction of sp³-hybridized carbons (Fsp3) is 0.353. The van der Waals surface area contributed by atoms with E-state index < -0.39 is 0 Å². The Balaban J connectivity index is 1.65. The highest BCUT2D eigenvalue weighted by Crippen LogP contribution is 2.21. The van der Waals surface area contributed by atoms with Crippen molar-refractivity contribution in [2.45, 2.75) is 13.5 Å². The summed E-state index contributed by atoms with van der Waals surface area (Å²) in [7, 11) is 0. The number of piperazine rings is 1. The van der Waals surface area contributed by atoms with Crippen molar-refractivity contribution >= 4 is 11.5 Å². The Labute approximate surface area is 135 Å². The highest BCUT2D eigenvalue weighted by molar-refractivity contribution is 5.53. The molecule has 0 radical (unpaired) electrons. The molecule has 6 heteroatoms. The monoisotopic (exact) mass is 314 g/mol. The van der Waals surface area contributed by atoms with Gasteiger partial charge in [-0.15, -0.1) is 0 Å². The number of anilines is 1. The van der Waals surface area contributed by atoms with Crippen molar-refractivity contribution in [2.75, 3.05) is 31.1 Å². The van der Waals surface area contributed by atoms with E-state index in [9.17, 15) is 10.1 Å². The Hall–Kier alpha value is -2.47. The number of nitrogens with zero attached hydrogens (tertiary/aromatic N) is 2. The topological polar surface area (TPSA) is 65.0 Å². The van der Waals surface area contributed by atoms with Crippen LogP contribution >= 0.6 is 0 Å². The van der Waals surface area contributed by atoms with Crippen LogP contribution in [0.25, 0.3) is 0 Å². The van der Waals surface area contributed by atoms with Gasteiger partial charge in [-0.2, -0.15) is 0 Å². The van der Waals surface area contributed by atoms with Gasteiger partial charge in [0, 0.05) is 11.6 Å². The van der Waals surface area contributed by atoms with Crippen LogP contribution in [0.3, 0.4) is 0 Å². The van der Waals surface area contributed by atoms with Crippen molar-refractivity contribution in [3.63, 3.8) is 0 Å². The van der Waals surface area contributed by atoms with Crippen molar-refractivity contribution in [1.82, 2.24) is 0 Å². The lowest BCUT2D eigenvalue weighted by Crippen LogP contribution is -3.13. The lowest BCUT2D eigenvalue weighted by Gasteiger charge is -2.28. The number of benzene rings is 1. The van der Waals surface area contributed by atoms with Gasteiger partial charge in [-0.3, -0.25) is 10.1 Å². The number of hydrogen-bond acceptors (Lipinski definition) is 3. The quantitative estimate of drug-likeness (QED) is 0.665. The number of nitrogens with one attached hydrogen (secondary N) is 2. The number of nitro groups is 1. The molecular formula is C17H22N4O2+2. The Kier molecular flexibility index (Phi) is 4.52. The van der Waals surface area contributed by atoms with Crippen LogP contribution in [0, 0.1) is 17.0 Å². The Bertz CT molecular complexity index is 696. The number of aromatic nitrogens is 1. The normalized spacial score (nSPS) is 15.6. The molecule has 1 aromatic carbocycles. The molecule has 1 aliphatic heterocycles. The van der Waals surface area contributed by atoms with E-state index in [1.165, 1.54) is 16.0 Å². The molecule has 0 bridgehead atoms. The average Bonchev–Trinajstić information content (AvgIpc) is 2.58. The highest BCUT2D eigenvalue weighted by atomic mass is 16.6. The van der Waals surface area contributed by atoms with Crippen molar-refractivity contribution in [3.05, 3.63) is 63.8 Å². The number of hydrogen-bond donors (Lipinski definition) is 1. The second-order valence-corrected chi connectivity index (χ2v) is 6.00. The standard InChI is InChI=1S/C17H20N4O2/c1-14-5-2-3-6-15(14)13-19-9-11-20(12-10-19)17-16(21(22)23)7-4-8-18-17/h2-8H,9-13H2,1H3/p+2. The zero-order valence-electron chi connectivity index (χ0n) is 13.3. The molecular weight excluding hydrogens is 292 g/mol. The lowest BCUT2D eigenvalue weighted by atomic mass is 10.1. The van der Waals surface area contributed by atoms with Crippen LogP contribution in [0.1, 0.15) is 11.1 Å². The molecule has 120 valence electrons. The SMILES string of the molecule is Cc1ccccc1C[NH+]1CCN(c2[nH+]cccc2[N+](=O)[O-])CC1. The smallest absolute Gasteiger partial charge is 0.325 e. The number of aromatic amines is 1. The molecule has 0 unspecified atom stereocenters. The molecule has 1 fully saturated rings. The van der Waals surface area contributed by atoms with Gasteiger partial charge in [-0.25, -0.2) is 9.88 Å². The second-order valence-electron chi connectivity index (χ2n) is 6.00. The van der Waals surface area contributed by atoms with E-state index in [0.717, 1.165) is 32.7 Å². The van der Waals surface area contributed by atoms with Gasteiger partial charge in [0.05, 0.1) is 11.1 Å². The minimum absolute atomic E-state index is 0.148. The number of rotatable bonds is 4. The fourth-order valence-corrected chi connectivity index (χ4v) is 3.12. The van der Waals surface area contributed by atoms with Crippen LogP contribution in [0.4, 0.5) is 11.5 Å². The summed E-state index contributed by atoms with van der Waals surface area (Å²) >= 11 is 0. The van der Waals surface area contributed by atoms with E-state index in [-0.39, 0.29) is 10.6 Å². The third-order valence-corrected chi connectivity index (χ3v) is 4.50. The molecule has 0 atom stereocenters. The fourth-order valence-electron chi connectivity index (χ4n) is 3.12. The molecule has 0 aliphatic carbocycles. The first-order chi connectivity index (χ1) is 11.1. The van der Waals surface area contributed by atoms with Gasteiger partial charge in [-0.1, -0.05) is 24.3 Å². The summed E-state index contributed by atoms with van der Waals surface area (Å²) in [5.41, 5.74) is 2.86. The van der Waals surface area contributed by atoms with Gasteiger partial charge in [0.2, 0.25) is 0 Å². The molecule has 1 aliphatic rings. The summed E-state index contributed by atoms with van der Waals surface area (Å²) in [5.74, 6) is 0.618. The van der Waals surface area contributed by atoms with Gasteiger partial charge in [-0.05, 0) is 18.6 Å². The summed E-state index contributed by atoms with van der Waals surface area (Å²) in [6, 6.07) is 11.7. The number of aryl methyl sites for hydroxylation is 1. The largest absolute Gasteiger partial charge is 0.357 e. The molecule has 23 heavy (non-hydrogen) atoms. The predicted molar refractivity (Wildman–Crippen MR) is 87.4 cm³/mol. The van der Waals surface area contributed by atoms with E-state index in [2.05, 4.69) is 41.1 Å². The molecule has 0 saturated carbocycles. The molecule has 3 rings (SSSR count). The van der Waals surface area contributed by atoms with Crippen LogP contribution in [0.15, 0.2) is 42.6 Å². The minimum Gasteiger partial charge on any atom is -0.325 e. The average molecular weight is 314 g/mol. The molecule has 6 nitrogen and oxygen atoms in total. The van der Waals surface area contributed by atoms with Crippen LogP contribution in [0.5, 0.6) is 0 Å². The minimum atomic E-state index is -0.321. The first kappa shape index (κ1) is 15.4. The summed E-state index contributed by atoms with van der Waals surface area (Å²) in [6.07, 6.45) is 1.74. The Morgan fingerprint density at radius 3 is 2.65 bits per heavy atom. The van der Waals surface area contributed by atoms with Crippen LogP contribution in [0.2, 0.25) is 0 Å². The van der Waals surface area contributed by atoms with Gasteiger partial charge in [0.25, 0.3) is 0 Å². The van der Waals surface area contributed by atoms with Crippen molar-refractivity contribution < 1.29 is 14.8 Å². The molecule has 2 heterocycles. The van der Waals surface area contributed by atoms with E-state index in [0.29, 0.717) is 5.82 Å². The molecule has 2 N–H and O–H groups in total. The van der Waals surface area contributed by atoms with E-state index >= 15 is 0 Å². The number of quaternary nitrogens is 1. The summed E-state index contributed by atoms with van der Waals surface area (Å²) in [6.45, 7) is 6.77. The number of H-pyrrole nitrogens is 1. The van der Waals surface area contributed by atoms with Gasteiger partial charge >= 0.3 is 11.5 Å². The van der Waals surface area contributed by atoms with Crippen LogP contribution in [-0.2, 0) is 6.54 Å². The number of pyridine rings is 1. The molecule has 0 spiro atoms. The van der Waals surface area contributed by atoms with Crippen molar-refractivity contribution in [3.8, 4) is 0 Å². The van der Waals surface area contributed by atoms with Gasteiger partial charge < -0.3 is 4.90 Å². The zero-order valence-corrected chi connectivity index (χ0v) is 13.3. The zero-order chi connectivity index (χ0) is 16.2. The van der Waals surface area contributed by atoms with Crippen molar-refractivity contribution in [1.29, 1.82) is 0 Å². The maximum Gasteiger partial charge on any atom is 0.357 e. The summed E-state index contributed by atoms with van der Waals surface area (Å²) in [4.78, 5) is 17.5. The summed E-state index contributed by atoms with van der Waals surface area (Å²) in [5, 5.41) is 11.2. The Morgan fingerprint density at radius 1 is 1.22 bits per heavy atom. The third kappa shape index (κ3) is 3.48. The van der Waals surface area contributed by atoms with E-state index in [4.69, 9.17) is 0 Å². The third-order valence-electron chi connectivity index (χ3n) is 4.50. The first-order valence-corrected chi connectivity index (χ1v) is 7.93. The second kappa shape index (κ2) is 6.75. The maximum atomic E-state index is 11.2. The molecule has 0 amide bonds. The highest BCUT2D eigenvalue weighted by Gasteiger charge is 2.32. The van der Waals surface area contributed by atoms with Gasteiger partial charge in [0.1, 0.15) is 32.7 Å². The molecule has 2 aromatic rings. The van der Waals surface area contributed by atoms with Crippen LogP contribution in [-0.4, -0.2) is 31.1 Å². The summed E-state index contributed by atoms with van der Waals surface area (Å²) < 4.78 is 0. The van der Waals surface area contributed by atoms with Crippen molar-refractivity contribution in [2.24, 2.45) is 0 Å². The van der Waals surface area contributed by atoms with E-state index in [1.54, 1.807) is 18.3 Å². The van der Waals surface area contributed by atoms with Crippen LogP contribution < -0.4 is 14.8 Å². The first-order valence-electron chi connectivity index (χ1n) is 7.93. The maximum absolute atomic E-state index is 11.2. The lowest BCUT2D eigenvalue weighted by molar-refractivity contribution is -0.914. The van der Waals surface area contributed by atoms with Gasteiger partial charge in [0.15, 0.2) is 0 Å². The molecule has 1 aromatic heterocycles.